The van der Waals surface area contributed by atoms with E-state index in [9.17, 15) is 9.59 Å². The average Bonchev–Trinajstić information content (AvgIpc) is 3.06. The van der Waals surface area contributed by atoms with E-state index in [0.717, 1.165) is 36.2 Å². The van der Waals surface area contributed by atoms with Crippen molar-refractivity contribution >= 4 is 11.8 Å². The van der Waals surface area contributed by atoms with Crippen molar-refractivity contribution in [3.05, 3.63) is 11.6 Å². The first kappa shape index (κ1) is 24.0. The Morgan fingerprint density at radius 2 is 1.81 bits per heavy atom. The van der Waals surface area contributed by atoms with Crippen molar-refractivity contribution in [3.8, 4) is 0 Å². The van der Waals surface area contributed by atoms with E-state index >= 15 is 0 Å². The lowest BCUT2D eigenvalue weighted by Crippen LogP contribution is -2.53. The maximum Gasteiger partial charge on any atom is 0.303 e. The van der Waals surface area contributed by atoms with Crippen LogP contribution >= 0.6 is 0 Å². The number of hydrogen-bond donors (Lipinski definition) is 0. The molecule has 4 aliphatic rings. The van der Waals surface area contributed by atoms with Crippen LogP contribution in [0.25, 0.3) is 0 Å². The number of carbonyl (C=O) groups excluding carboxylic acids is 2. The van der Waals surface area contributed by atoms with Crippen LogP contribution in [-0.2, 0) is 14.3 Å². The molecule has 180 valence electrons. The molecule has 0 saturated heterocycles. The Balaban J connectivity index is 1.52. The molecule has 1 unspecified atom stereocenters. The summed E-state index contributed by atoms with van der Waals surface area (Å²) in [6, 6.07) is 0. The van der Waals surface area contributed by atoms with Crippen molar-refractivity contribution in [1.82, 2.24) is 0 Å². The quantitative estimate of drug-likeness (QED) is 0.411. The number of rotatable bonds is 6. The van der Waals surface area contributed by atoms with Gasteiger partial charge in [0.25, 0.3) is 0 Å². The number of fused-ring (bicyclic) bond motifs is 5. The second-order valence-electron chi connectivity index (χ2n) is 12.7. The minimum atomic E-state index is -0.246. The molecule has 3 fully saturated rings. The Morgan fingerprint density at radius 3 is 2.50 bits per heavy atom. The summed E-state index contributed by atoms with van der Waals surface area (Å²) in [6.45, 7) is 13.6. The van der Waals surface area contributed by atoms with E-state index in [1.165, 1.54) is 51.9 Å². The van der Waals surface area contributed by atoms with Crippen LogP contribution in [0, 0.1) is 46.3 Å². The molecule has 0 heterocycles. The van der Waals surface area contributed by atoms with Gasteiger partial charge in [-0.25, -0.2) is 0 Å². The van der Waals surface area contributed by atoms with E-state index in [1.54, 1.807) is 0 Å². The van der Waals surface area contributed by atoms with Gasteiger partial charge in [0.15, 0.2) is 5.78 Å². The molecule has 4 aliphatic carbocycles. The number of Topliss-reactive ketones (excluding diaryl/α,β-unsaturated/α-hetero) is 1. The van der Waals surface area contributed by atoms with Gasteiger partial charge in [-0.3, -0.25) is 9.59 Å². The fourth-order valence-corrected chi connectivity index (χ4v) is 8.85. The van der Waals surface area contributed by atoms with Crippen LogP contribution in [0.4, 0.5) is 0 Å². The molecule has 0 aromatic rings. The van der Waals surface area contributed by atoms with E-state index in [4.69, 9.17) is 4.74 Å². The Bertz CT molecular complexity index is 766. The zero-order valence-electron chi connectivity index (χ0n) is 21.4. The van der Waals surface area contributed by atoms with Gasteiger partial charge in [-0.2, -0.15) is 0 Å². The minimum Gasteiger partial charge on any atom is -0.458 e. The Hall–Kier alpha value is -1.12. The number of ether oxygens (including phenoxy) is 1. The van der Waals surface area contributed by atoms with Crippen molar-refractivity contribution in [1.29, 1.82) is 0 Å². The molecule has 0 spiro atoms. The Kier molecular flexibility index (Phi) is 6.69. The maximum absolute atomic E-state index is 13.4. The molecule has 0 aromatic carbocycles. The highest BCUT2D eigenvalue weighted by molar-refractivity contribution is 5.98. The summed E-state index contributed by atoms with van der Waals surface area (Å²) < 4.78 is 5.47. The third-order valence-electron chi connectivity index (χ3n) is 10.4. The topological polar surface area (TPSA) is 43.4 Å². The zero-order chi connectivity index (χ0) is 23.3. The molecule has 0 N–H and O–H groups in total. The van der Waals surface area contributed by atoms with Gasteiger partial charge in [-0.1, -0.05) is 53.9 Å². The largest absolute Gasteiger partial charge is 0.458 e. The normalized spacial score (nSPS) is 42.0. The SMILES string of the molecule is CC(=O)OC1C=C2C(=O)C[C@H]3[C@@H]4CC[C@H]([C@H](C)CCCC(C)C)[C@@]4(C)CC[C@@H]3[C@@]2(C)CC1. The molecule has 8 atom stereocenters. The van der Waals surface area contributed by atoms with Gasteiger partial charge in [0.05, 0.1) is 0 Å². The maximum atomic E-state index is 13.4. The van der Waals surface area contributed by atoms with Crippen LogP contribution in [0.1, 0.15) is 106 Å². The van der Waals surface area contributed by atoms with Crippen LogP contribution in [0.3, 0.4) is 0 Å². The number of allylic oxidation sites excluding steroid dienone is 1. The van der Waals surface area contributed by atoms with Crippen molar-refractivity contribution in [2.75, 3.05) is 0 Å². The van der Waals surface area contributed by atoms with Crippen molar-refractivity contribution < 1.29 is 14.3 Å². The van der Waals surface area contributed by atoms with E-state index in [1.807, 2.05) is 6.08 Å². The van der Waals surface area contributed by atoms with Crippen molar-refractivity contribution in [2.24, 2.45) is 46.3 Å². The van der Waals surface area contributed by atoms with Gasteiger partial charge >= 0.3 is 5.97 Å². The monoisotopic (exact) mass is 442 g/mol. The van der Waals surface area contributed by atoms with Gasteiger partial charge in [-0.15, -0.1) is 0 Å². The fourth-order valence-electron chi connectivity index (χ4n) is 8.85. The summed E-state index contributed by atoms with van der Waals surface area (Å²) in [5.74, 6) is 4.36. The molecule has 32 heavy (non-hydrogen) atoms. The van der Waals surface area contributed by atoms with E-state index in [2.05, 4.69) is 34.6 Å². The third kappa shape index (κ3) is 4.11. The first-order chi connectivity index (χ1) is 15.1. The Morgan fingerprint density at radius 1 is 1.06 bits per heavy atom. The van der Waals surface area contributed by atoms with Gasteiger partial charge < -0.3 is 4.74 Å². The van der Waals surface area contributed by atoms with Crippen LogP contribution < -0.4 is 0 Å². The predicted molar refractivity (Wildman–Crippen MR) is 129 cm³/mol. The molecule has 3 nitrogen and oxygen atoms in total. The van der Waals surface area contributed by atoms with Crippen LogP contribution in [0.15, 0.2) is 11.6 Å². The smallest absolute Gasteiger partial charge is 0.303 e. The first-order valence-corrected chi connectivity index (χ1v) is 13.5. The van der Waals surface area contributed by atoms with Gasteiger partial charge in [0.2, 0.25) is 0 Å². The van der Waals surface area contributed by atoms with E-state index in [0.29, 0.717) is 35.4 Å². The summed E-state index contributed by atoms with van der Waals surface area (Å²) in [5, 5.41) is 0. The lowest BCUT2D eigenvalue weighted by Gasteiger charge is -2.58. The van der Waals surface area contributed by atoms with Gasteiger partial charge in [0.1, 0.15) is 6.10 Å². The number of esters is 1. The molecule has 0 amide bonds. The summed E-state index contributed by atoms with van der Waals surface area (Å²) in [5.41, 5.74) is 1.36. The molecule has 4 rings (SSSR count). The lowest BCUT2D eigenvalue weighted by molar-refractivity contribution is -0.146. The summed E-state index contributed by atoms with van der Waals surface area (Å²) in [6.07, 6.45) is 13.7. The summed E-state index contributed by atoms with van der Waals surface area (Å²) in [7, 11) is 0. The molecule has 0 radical (unpaired) electrons. The molecule has 0 aliphatic heterocycles. The number of hydrogen-bond acceptors (Lipinski definition) is 3. The third-order valence-corrected chi connectivity index (χ3v) is 10.4. The molecular formula is C29H46O3. The molecule has 0 aromatic heterocycles. The first-order valence-electron chi connectivity index (χ1n) is 13.5. The van der Waals surface area contributed by atoms with Crippen molar-refractivity contribution in [3.63, 3.8) is 0 Å². The molecule has 0 bridgehead atoms. The number of carbonyl (C=O) groups is 2. The highest BCUT2D eigenvalue weighted by atomic mass is 16.5. The minimum absolute atomic E-state index is 0.0288. The lowest BCUT2D eigenvalue weighted by atomic mass is 9.46. The highest BCUT2D eigenvalue weighted by Gasteiger charge is 2.61. The standard InChI is InChI=1S/C29H46O3/c1-18(2)8-7-9-19(3)23-10-11-24-22-17-27(31)26-16-21(32-20(4)30)12-14-29(26,6)25(22)13-15-28(23,24)5/h16,18-19,21-25H,7-15,17H2,1-6H3/t19-,21?,22+,23-,24+,25+,28-,29-/m1/s1. The average molecular weight is 443 g/mol. The van der Waals surface area contributed by atoms with E-state index in [-0.39, 0.29) is 17.5 Å². The second-order valence-corrected chi connectivity index (χ2v) is 12.7. The van der Waals surface area contributed by atoms with Crippen LogP contribution in [0.5, 0.6) is 0 Å². The second kappa shape index (κ2) is 8.91. The predicted octanol–water partition coefficient (Wildman–Crippen LogP) is 7.14. The van der Waals surface area contributed by atoms with Gasteiger partial charge in [-0.05, 0) is 90.9 Å². The number of ketones is 1. The molecular weight excluding hydrogens is 396 g/mol. The molecule has 3 saturated carbocycles. The fraction of sp³-hybridized carbons (Fsp3) is 0.862. The summed E-state index contributed by atoms with van der Waals surface area (Å²) in [4.78, 5) is 24.9. The Labute approximate surface area is 196 Å². The highest BCUT2D eigenvalue weighted by Crippen LogP contribution is 2.67. The van der Waals surface area contributed by atoms with E-state index < -0.39 is 0 Å². The summed E-state index contributed by atoms with van der Waals surface area (Å²) >= 11 is 0. The van der Waals surface area contributed by atoms with Gasteiger partial charge in [0, 0.05) is 18.9 Å². The van der Waals surface area contributed by atoms with Crippen LogP contribution in [0.2, 0.25) is 0 Å². The van der Waals surface area contributed by atoms with Crippen LogP contribution in [-0.4, -0.2) is 17.9 Å². The van der Waals surface area contributed by atoms with Crippen molar-refractivity contribution in [2.45, 2.75) is 112 Å². The zero-order valence-corrected chi connectivity index (χ0v) is 21.4. The molecule has 3 heteroatoms.